The van der Waals surface area contributed by atoms with Crippen molar-refractivity contribution in [1.29, 1.82) is 0 Å². The molecule has 2 aromatic rings. The summed E-state index contributed by atoms with van der Waals surface area (Å²) in [5, 5.41) is 12.6. The summed E-state index contributed by atoms with van der Waals surface area (Å²) < 4.78 is 1.98. The summed E-state index contributed by atoms with van der Waals surface area (Å²) in [5.41, 5.74) is 1.16. The highest BCUT2D eigenvalue weighted by molar-refractivity contribution is 5.48. The zero-order chi connectivity index (χ0) is 19.3. The van der Waals surface area contributed by atoms with E-state index < -0.39 is 0 Å². The Kier molecular flexibility index (Phi) is 6.39. The molecule has 0 amide bonds. The second kappa shape index (κ2) is 8.76. The standard InChI is InChI=1S/C21H32N6/c1-5-19(20-22-23-24-27(20)21(2,3)4)26-16-14-25(15-17-26)13-9-12-18-10-7-6-8-11-18/h6-12,19H,5,13-17H2,1-4H3/b12-9+. The minimum absolute atomic E-state index is 0.101. The molecule has 3 rings (SSSR count). The fourth-order valence-corrected chi connectivity index (χ4v) is 3.64. The van der Waals surface area contributed by atoms with Crippen molar-refractivity contribution in [3.8, 4) is 0 Å². The number of nitrogens with zero attached hydrogens (tertiary/aromatic N) is 6. The molecule has 1 aliphatic rings. The molecule has 1 atom stereocenters. The molecule has 1 aromatic carbocycles. The van der Waals surface area contributed by atoms with Gasteiger partial charge in [-0.15, -0.1) is 5.10 Å². The quantitative estimate of drug-likeness (QED) is 0.784. The summed E-state index contributed by atoms with van der Waals surface area (Å²) in [5.74, 6) is 0.988. The van der Waals surface area contributed by atoms with Gasteiger partial charge in [0, 0.05) is 32.7 Å². The first-order valence-corrected chi connectivity index (χ1v) is 9.96. The zero-order valence-electron chi connectivity index (χ0n) is 17.0. The Labute approximate surface area is 162 Å². The van der Waals surface area contributed by atoms with Gasteiger partial charge in [0.2, 0.25) is 0 Å². The van der Waals surface area contributed by atoms with E-state index in [4.69, 9.17) is 0 Å². The van der Waals surface area contributed by atoms with Crippen LogP contribution in [-0.2, 0) is 5.54 Å². The first-order chi connectivity index (χ1) is 13.0. The fraction of sp³-hybridized carbons (Fsp3) is 0.571. The monoisotopic (exact) mass is 368 g/mol. The van der Waals surface area contributed by atoms with Crippen LogP contribution in [-0.4, -0.2) is 62.7 Å². The van der Waals surface area contributed by atoms with Crippen LogP contribution < -0.4 is 0 Å². The number of hydrogen-bond donors (Lipinski definition) is 0. The third-order valence-corrected chi connectivity index (χ3v) is 5.13. The molecule has 0 spiro atoms. The van der Waals surface area contributed by atoms with E-state index in [0.29, 0.717) is 0 Å². The van der Waals surface area contributed by atoms with Crippen molar-refractivity contribution < 1.29 is 0 Å². The Morgan fingerprint density at radius 2 is 1.78 bits per heavy atom. The van der Waals surface area contributed by atoms with Crippen molar-refractivity contribution in [3.63, 3.8) is 0 Å². The van der Waals surface area contributed by atoms with E-state index in [9.17, 15) is 0 Å². The van der Waals surface area contributed by atoms with Gasteiger partial charge in [0.05, 0.1) is 11.6 Å². The van der Waals surface area contributed by atoms with Gasteiger partial charge in [-0.05, 0) is 43.2 Å². The van der Waals surface area contributed by atoms with Gasteiger partial charge in [-0.3, -0.25) is 9.80 Å². The van der Waals surface area contributed by atoms with E-state index in [0.717, 1.165) is 45.0 Å². The molecule has 0 radical (unpaired) electrons. The molecule has 2 heterocycles. The highest BCUT2D eigenvalue weighted by atomic mass is 15.6. The maximum Gasteiger partial charge on any atom is 0.168 e. The Balaban J connectivity index is 1.56. The molecule has 27 heavy (non-hydrogen) atoms. The van der Waals surface area contributed by atoms with Gasteiger partial charge in [0.1, 0.15) is 0 Å². The molecule has 0 saturated carbocycles. The lowest BCUT2D eigenvalue weighted by Gasteiger charge is -2.38. The molecule has 0 N–H and O–H groups in total. The van der Waals surface area contributed by atoms with Crippen molar-refractivity contribution in [1.82, 2.24) is 30.0 Å². The van der Waals surface area contributed by atoms with Crippen LogP contribution in [0.25, 0.3) is 6.08 Å². The van der Waals surface area contributed by atoms with Crippen LogP contribution in [0.15, 0.2) is 36.4 Å². The highest BCUT2D eigenvalue weighted by Crippen LogP contribution is 2.26. The van der Waals surface area contributed by atoms with E-state index in [1.165, 1.54) is 5.56 Å². The molecule has 1 fully saturated rings. The summed E-state index contributed by atoms with van der Waals surface area (Å²) in [6, 6.07) is 10.8. The molecular formula is C21H32N6. The van der Waals surface area contributed by atoms with E-state index in [1.807, 2.05) is 4.68 Å². The van der Waals surface area contributed by atoms with Gasteiger partial charge < -0.3 is 0 Å². The topological polar surface area (TPSA) is 50.1 Å². The maximum atomic E-state index is 4.37. The molecule has 1 aliphatic heterocycles. The summed E-state index contributed by atoms with van der Waals surface area (Å²) in [6.07, 6.45) is 5.49. The van der Waals surface area contributed by atoms with Gasteiger partial charge in [-0.1, -0.05) is 49.4 Å². The molecule has 6 nitrogen and oxygen atoms in total. The molecular weight excluding hydrogens is 336 g/mol. The molecule has 1 saturated heterocycles. The van der Waals surface area contributed by atoms with Gasteiger partial charge in [-0.25, -0.2) is 4.68 Å². The lowest BCUT2D eigenvalue weighted by atomic mass is 10.1. The Hall–Kier alpha value is -2.05. The summed E-state index contributed by atoms with van der Waals surface area (Å²) in [4.78, 5) is 5.04. The van der Waals surface area contributed by atoms with Gasteiger partial charge in [0.25, 0.3) is 0 Å². The highest BCUT2D eigenvalue weighted by Gasteiger charge is 2.30. The second-order valence-corrected chi connectivity index (χ2v) is 8.19. The second-order valence-electron chi connectivity index (χ2n) is 8.19. The molecule has 6 heteroatoms. The largest absolute Gasteiger partial charge is 0.297 e. The van der Waals surface area contributed by atoms with E-state index >= 15 is 0 Å². The van der Waals surface area contributed by atoms with E-state index in [-0.39, 0.29) is 11.6 Å². The lowest BCUT2D eigenvalue weighted by molar-refractivity contribution is 0.0920. The van der Waals surface area contributed by atoms with Gasteiger partial charge in [-0.2, -0.15) is 0 Å². The Morgan fingerprint density at radius 3 is 2.41 bits per heavy atom. The molecule has 1 aromatic heterocycles. The van der Waals surface area contributed by atoms with Crippen molar-refractivity contribution in [2.24, 2.45) is 0 Å². The third-order valence-electron chi connectivity index (χ3n) is 5.13. The average molecular weight is 369 g/mol. The predicted octanol–water partition coefficient (Wildman–Crippen LogP) is 3.21. The number of benzene rings is 1. The third kappa shape index (κ3) is 5.02. The molecule has 146 valence electrons. The number of aromatic nitrogens is 4. The fourth-order valence-electron chi connectivity index (χ4n) is 3.64. The van der Waals surface area contributed by atoms with Crippen molar-refractivity contribution >= 4 is 6.08 Å². The van der Waals surface area contributed by atoms with Gasteiger partial charge in [0.15, 0.2) is 5.82 Å². The first-order valence-electron chi connectivity index (χ1n) is 9.96. The normalized spacial score (nSPS) is 18.2. The number of piperazine rings is 1. The van der Waals surface area contributed by atoms with E-state index in [2.05, 4.69) is 95.5 Å². The Morgan fingerprint density at radius 1 is 1.07 bits per heavy atom. The van der Waals surface area contributed by atoms with E-state index in [1.54, 1.807) is 0 Å². The number of tetrazole rings is 1. The minimum atomic E-state index is -0.101. The Bertz CT molecular complexity index is 723. The van der Waals surface area contributed by atoms with Crippen LogP contribution in [0.4, 0.5) is 0 Å². The molecule has 0 bridgehead atoms. The van der Waals surface area contributed by atoms with Crippen molar-refractivity contribution in [2.75, 3.05) is 32.7 Å². The van der Waals surface area contributed by atoms with Crippen LogP contribution >= 0.6 is 0 Å². The van der Waals surface area contributed by atoms with Crippen LogP contribution in [0.3, 0.4) is 0 Å². The number of hydrogen-bond acceptors (Lipinski definition) is 5. The average Bonchev–Trinajstić information content (AvgIpc) is 3.14. The summed E-state index contributed by atoms with van der Waals surface area (Å²) in [7, 11) is 0. The van der Waals surface area contributed by atoms with Crippen LogP contribution in [0.5, 0.6) is 0 Å². The maximum absolute atomic E-state index is 4.37. The van der Waals surface area contributed by atoms with Crippen LogP contribution in [0.2, 0.25) is 0 Å². The predicted molar refractivity (Wildman–Crippen MR) is 109 cm³/mol. The number of rotatable bonds is 6. The SMILES string of the molecule is CCC(c1nnnn1C(C)(C)C)N1CCN(C/C=C/c2ccccc2)CC1. The lowest BCUT2D eigenvalue weighted by Crippen LogP contribution is -2.48. The van der Waals surface area contributed by atoms with Crippen molar-refractivity contribution in [3.05, 3.63) is 47.8 Å². The molecule has 0 aliphatic carbocycles. The van der Waals surface area contributed by atoms with Crippen molar-refractivity contribution in [2.45, 2.75) is 45.7 Å². The zero-order valence-corrected chi connectivity index (χ0v) is 17.0. The van der Waals surface area contributed by atoms with Crippen LogP contribution in [0, 0.1) is 0 Å². The van der Waals surface area contributed by atoms with Gasteiger partial charge >= 0.3 is 0 Å². The summed E-state index contributed by atoms with van der Waals surface area (Å²) >= 11 is 0. The smallest absolute Gasteiger partial charge is 0.168 e. The van der Waals surface area contributed by atoms with Crippen LogP contribution in [0.1, 0.15) is 51.5 Å². The summed E-state index contributed by atoms with van der Waals surface area (Å²) in [6.45, 7) is 13.9. The minimum Gasteiger partial charge on any atom is -0.297 e. The first kappa shape index (κ1) is 19.7. The molecule has 1 unspecified atom stereocenters.